The molecule has 0 saturated carbocycles. The molecule has 4 rings (SSSR count). The van der Waals surface area contributed by atoms with E-state index in [1.165, 1.54) is 0 Å². The summed E-state index contributed by atoms with van der Waals surface area (Å²) in [6.45, 7) is 2.96. The Bertz CT molecular complexity index is 910. The summed E-state index contributed by atoms with van der Waals surface area (Å²) in [5.41, 5.74) is 2.47. The first-order valence-corrected chi connectivity index (χ1v) is 8.64. The number of carbonyl (C=O) groups is 1. The van der Waals surface area contributed by atoms with E-state index in [0.29, 0.717) is 5.02 Å². The quantitative estimate of drug-likeness (QED) is 0.873. The second kappa shape index (κ2) is 6.43. The number of hydrogen-bond donors (Lipinski definition) is 2. The van der Waals surface area contributed by atoms with Crippen LogP contribution >= 0.6 is 11.6 Å². The molecule has 5 heteroatoms. The number of rotatable bonds is 3. The molecule has 0 aromatic heterocycles. The summed E-state index contributed by atoms with van der Waals surface area (Å²) in [4.78, 5) is 16.4. The van der Waals surface area contributed by atoms with Crippen LogP contribution < -0.4 is 15.9 Å². The molecule has 3 aliphatic rings. The van der Waals surface area contributed by atoms with E-state index in [9.17, 15) is 9.90 Å². The van der Waals surface area contributed by atoms with Gasteiger partial charge in [-0.3, -0.25) is 4.79 Å². The molecule has 1 aromatic rings. The smallest absolute Gasteiger partial charge is 0.304 e. The van der Waals surface area contributed by atoms with Gasteiger partial charge in [0.2, 0.25) is 0 Å². The Morgan fingerprint density at radius 2 is 2.28 bits per heavy atom. The lowest BCUT2D eigenvalue weighted by Crippen LogP contribution is -2.44. The van der Waals surface area contributed by atoms with E-state index in [1.54, 1.807) is 0 Å². The number of hydrogen-bond acceptors (Lipinski definition) is 3. The molecule has 0 spiro atoms. The number of benzene rings is 1. The number of carboxylic acids is 1. The summed E-state index contributed by atoms with van der Waals surface area (Å²) in [5, 5.41) is 15.6. The minimum absolute atomic E-state index is 0. The fourth-order valence-corrected chi connectivity index (χ4v) is 4.40. The average molecular weight is 359 g/mol. The summed E-state index contributed by atoms with van der Waals surface area (Å²) in [6, 6.07) is 5.83. The van der Waals surface area contributed by atoms with Gasteiger partial charge in [0.1, 0.15) is 0 Å². The second-order valence-corrected chi connectivity index (χ2v) is 7.19. The molecule has 0 bridgehead atoms. The Morgan fingerprint density at radius 1 is 1.48 bits per heavy atom. The van der Waals surface area contributed by atoms with Gasteiger partial charge in [-0.1, -0.05) is 31.2 Å². The third kappa shape index (κ3) is 2.74. The number of carboxylic acid groups (broad SMARTS) is 1. The highest BCUT2D eigenvalue weighted by molar-refractivity contribution is 6.30. The van der Waals surface area contributed by atoms with Crippen LogP contribution in [0.1, 0.15) is 33.6 Å². The first kappa shape index (κ1) is 17.9. The maximum Gasteiger partial charge on any atom is 0.304 e. The van der Waals surface area contributed by atoms with Crippen molar-refractivity contribution in [1.82, 2.24) is 5.32 Å². The molecule has 2 atom stereocenters. The van der Waals surface area contributed by atoms with E-state index in [-0.39, 0.29) is 19.9 Å². The molecule has 0 amide bonds. The topological polar surface area (TPSA) is 61.7 Å². The Labute approximate surface area is 152 Å². The maximum atomic E-state index is 11.6. The Balaban J connectivity index is 0.00000182. The summed E-state index contributed by atoms with van der Waals surface area (Å²) < 4.78 is 0. The highest BCUT2D eigenvalue weighted by Crippen LogP contribution is 2.46. The van der Waals surface area contributed by atoms with Gasteiger partial charge in [-0.2, -0.15) is 0 Å². The van der Waals surface area contributed by atoms with Crippen molar-refractivity contribution in [2.24, 2.45) is 10.4 Å². The van der Waals surface area contributed by atoms with Crippen molar-refractivity contribution < 1.29 is 9.90 Å². The lowest BCUT2D eigenvalue weighted by Gasteiger charge is -2.39. The second-order valence-electron chi connectivity index (χ2n) is 6.75. The van der Waals surface area contributed by atoms with Crippen molar-refractivity contribution in [3.8, 4) is 0 Å². The molecule has 25 heavy (non-hydrogen) atoms. The molecule has 2 heterocycles. The Hall–Kier alpha value is -1.91. The van der Waals surface area contributed by atoms with Crippen molar-refractivity contribution >= 4 is 23.1 Å². The molecule has 2 unspecified atom stereocenters. The SMILES string of the molecule is C.CC1=C2N=c3ccc(Cl)cc3=C2C=CC1(CC(=O)O)C1CCCN1. The van der Waals surface area contributed by atoms with Crippen LogP contribution in [0.2, 0.25) is 5.02 Å². The molecule has 1 aromatic carbocycles. The number of allylic oxidation sites excluding steroid dienone is 1. The van der Waals surface area contributed by atoms with Crippen LogP contribution in [0.15, 0.2) is 46.6 Å². The molecule has 2 aliphatic heterocycles. The normalized spacial score (nSPS) is 26.8. The molecule has 132 valence electrons. The monoisotopic (exact) mass is 358 g/mol. The third-order valence-electron chi connectivity index (χ3n) is 5.46. The van der Waals surface area contributed by atoms with Gasteiger partial charge in [0, 0.05) is 27.3 Å². The lowest BCUT2D eigenvalue weighted by atomic mass is 9.67. The minimum atomic E-state index is -0.782. The fourth-order valence-electron chi connectivity index (χ4n) is 4.23. The fraction of sp³-hybridized carbons (Fsp3) is 0.400. The molecule has 1 fully saturated rings. The summed E-state index contributed by atoms with van der Waals surface area (Å²) in [7, 11) is 0. The third-order valence-corrected chi connectivity index (χ3v) is 5.70. The number of fused-ring (bicyclic) bond motifs is 2. The van der Waals surface area contributed by atoms with Crippen molar-refractivity contribution in [3.05, 3.63) is 57.2 Å². The van der Waals surface area contributed by atoms with Gasteiger partial charge >= 0.3 is 5.97 Å². The molecule has 4 nitrogen and oxygen atoms in total. The summed E-state index contributed by atoms with van der Waals surface area (Å²) in [6.07, 6.45) is 6.25. The summed E-state index contributed by atoms with van der Waals surface area (Å²) in [5.74, 6) is -0.782. The zero-order valence-corrected chi connectivity index (χ0v) is 14.2. The van der Waals surface area contributed by atoms with Gasteiger partial charge in [0.15, 0.2) is 0 Å². The van der Waals surface area contributed by atoms with Gasteiger partial charge in [0.05, 0.1) is 17.5 Å². The van der Waals surface area contributed by atoms with Crippen molar-refractivity contribution in [3.63, 3.8) is 0 Å². The number of nitrogens with zero attached hydrogens (tertiary/aromatic N) is 1. The van der Waals surface area contributed by atoms with Crippen LogP contribution in [0.5, 0.6) is 0 Å². The van der Waals surface area contributed by atoms with Crippen LogP contribution in [-0.2, 0) is 4.79 Å². The predicted molar refractivity (Wildman–Crippen MR) is 99.9 cm³/mol. The highest BCUT2D eigenvalue weighted by atomic mass is 35.5. The van der Waals surface area contributed by atoms with E-state index in [4.69, 9.17) is 16.6 Å². The van der Waals surface area contributed by atoms with E-state index in [0.717, 1.165) is 46.8 Å². The van der Waals surface area contributed by atoms with Gasteiger partial charge in [-0.15, -0.1) is 0 Å². The van der Waals surface area contributed by atoms with Gasteiger partial charge in [0.25, 0.3) is 0 Å². The van der Waals surface area contributed by atoms with E-state index in [2.05, 4.69) is 11.4 Å². The van der Waals surface area contributed by atoms with E-state index in [1.807, 2.05) is 31.2 Å². The molecular weight excluding hydrogens is 336 g/mol. The minimum Gasteiger partial charge on any atom is -0.481 e. The number of nitrogens with one attached hydrogen (secondary N) is 1. The van der Waals surface area contributed by atoms with E-state index < -0.39 is 11.4 Å². The van der Waals surface area contributed by atoms with Gasteiger partial charge in [-0.25, -0.2) is 4.99 Å². The lowest BCUT2D eigenvalue weighted by molar-refractivity contribution is -0.139. The van der Waals surface area contributed by atoms with Crippen molar-refractivity contribution in [2.45, 2.75) is 39.7 Å². The molecule has 1 saturated heterocycles. The molecule has 1 aliphatic carbocycles. The van der Waals surface area contributed by atoms with Crippen LogP contribution in [-0.4, -0.2) is 23.7 Å². The predicted octanol–water partition coefficient (Wildman–Crippen LogP) is 2.82. The Kier molecular flexibility index (Phi) is 4.60. The van der Waals surface area contributed by atoms with Gasteiger partial charge < -0.3 is 10.4 Å². The van der Waals surface area contributed by atoms with Crippen molar-refractivity contribution in [2.75, 3.05) is 6.54 Å². The standard InChI is InChI=1S/C19H19ClN2O2.CH4/c1-11-18-13(14-9-12(20)4-5-15(14)22-18)6-7-19(11,10-17(23)24)16-3-2-8-21-16;/h4-7,9,16,21H,2-3,8,10H2,1H3,(H,23,24);1H4. The van der Waals surface area contributed by atoms with Crippen LogP contribution in [0.4, 0.5) is 0 Å². The van der Waals surface area contributed by atoms with Crippen molar-refractivity contribution in [1.29, 1.82) is 0 Å². The average Bonchev–Trinajstić information content (AvgIpc) is 3.18. The molecule has 2 N–H and O–H groups in total. The van der Waals surface area contributed by atoms with Crippen LogP contribution in [0.3, 0.4) is 0 Å². The van der Waals surface area contributed by atoms with E-state index >= 15 is 0 Å². The number of halogens is 1. The zero-order valence-electron chi connectivity index (χ0n) is 13.5. The van der Waals surface area contributed by atoms with Crippen LogP contribution in [0, 0.1) is 5.41 Å². The largest absolute Gasteiger partial charge is 0.481 e. The van der Waals surface area contributed by atoms with Gasteiger partial charge in [-0.05, 0) is 50.1 Å². The molecule has 0 radical (unpaired) electrons. The molecular formula is C20H23ClN2O2. The maximum absolute atomic E-state index is 11.6. The summed E-state index contributed by atoms with van der Waals surface area (Å²) >= 11 is 6.14. The highest BCUT2D eigenvalue weighted by Gasteiger charge is 2.44. The zero-order chi connectivity index (χ0) is 16.9. The first-order valence-electron chi connectivity index (χ1n) is 8.26. The van der Waals surface area contributed by atoms with Crippen LogP contribution in [0.25, 0.3) is 5.57 Å². The Morgan fingerprint density at radius 3 is 2.96 bits per heavy atom. The number of aliphatic carboxylic acids is 1. The first-order chi connectivity index (χ1) is 11.5.